The Labute approximate surface area is 128 Å². The summed E-state index contributed by atoms with van der Waals surface area (Å²) in [5.41, 5.74) is 0.314. The maximum Gasteiger partial charge on any atom is 0.476 e. The first kappa shape index (κ1) is 13.9. The van der Waals surface area contributed by atoms with Crippen molar-refractivity contribution in [2.45, 2.75) is 76.3 Å². The molecule has 1 heterocycles. The average molecular weight is 297 g/mol. The highest BCUT2D eigenvalue weighted by Crippen LogP contribution is 2.65. The van der Waals surface area contributed by atoms with Crippen molar-refractivity contribution in [3.8, 4) is 0 Å². The predicted molar refractivity (Wildman–Crippen MR) is 81.7 cm³/mol. The lowest BCUT2D eigenvalue weighted by Crippen LogP contribution is -2.65. The molecule has 2 nitrogen and oxygen atoms in total. The van der Waals surface area contributed by atoms with Crippen LogP contribution in [0.15, 0.2) is 0 Å². The third-order valence-electron chi connectivity index (χ3n) is 7.05. The van der Waals surface area contributed by atoms with Gasteiger partial charge in [-0.2, -0.15) is 0 Å². The molecule has 4 saturated carbocycles. The van der Waals surface area contributed by atoms with E-state index in [2.05, 4.69) is 20.8 Å². The van der Waals surface area contributed by atoms with E-state index in [4.69, 9.17) is 20.9 Å². The molecule has 1 saturated heterocycles. The number of alkyl halides is 1. The molecule has 0 spiro atoms. The van der Waals surface area contributed by atoms with Gasteiger partial charge in [0.25, 0.3) is 0 Å². The maximum atomic E-state index is 6.60. The maximum absolute atomic E-state index is 6.60. The Morgan fingerprint density at radius 2 is 2.00 bits per heavy atom. The second-order valence-corrected chi connectivity index (χ2v) is 8.95. The summed E-state index contributed by atoms with van der Waals surface area (Å²) >= 11 is 6.60. The SMILES string of the molecule is CC1(C)[C@@H]2CC3OB([C@H](Cl)CC4CCC4)O[C@@]3(C)[C@H]1C2. The zero-order valence-electron chi connectivity index (χ0n) is 12.9. The van der Waals surface area contributed by atoms with E-state index in [9.17, 15) is 0 Å². The second-order valence-electron chi connectivity index (χ2n) is 8.39. The van der Waals surface area contributed by atoms with Crippen LogP contribution in [0.25, 0.3) is 0 Å². The van der Waals surface area contributed by atoms with Gasteiger partial charge in [0, 0.05) is 0 Å². The first-order valence-corrected chi connectivity index (χ1v) is 8.82. The molecule has 5 fully saturated rings. The molecular weight excluding hydrogens is 270 g/mol. The number of halogens is 1. The van der Waals surface area contributed by atoms with E-state index in [1.54, 1.807) is 0 Å². The molecule has 0 radical (unpaired) electrons. The zero-order valence-corrected chi connectivity index (χ0v) is 13.7. The quantitative estimate of drug-likeness (QED) is 0.578. The summed E-state index contributed by atoms with van der Waals surface area (Å²) in [6, 6.07) is 0. The monoisotopic (exact) mass is 296 g/mol. The highest BCUT2D eigenvalue weighted by atomic mass is 35.5. The molecule has 0 amide bonds. The molecule has 1 aliphatic heterocycles. The van der Waals surface area contributed by atoms with E-state index < -0.39 is 0 Å². The Balaban J connectivity index is 1.46. The van der Waals surface area contributed by atoms with E-state index in [-0.39, 0.29) is 24.1 Å². The van der Waals surface area contributed by atoms with Crippen molar-refractivity contribution in [1.82, 2.24) is 0 Å². The Morgan fingerprint density at radius 3 is 2.60 bits per heavy atom. The zero-order chi connectivity index (χ0) is 14.1. The summed E-state index contributed by atoms with van der Waals surface area (Å²) < 4.78 is 12.7. The van der Waals surface area contributed by atoms with Crippen LogP contribution >= 0.6 is 11.6 Å². The normalized spacial score (nSPS) is 47.4. The molecule has 4 aliphatic carbocycles. The third-order valence-corrected chi connectivity index (χ3v) is 7.43. The Hall–Kier alpha value is 0.275. The Morgan fingerprint density at radius 1 is 1.25 bits per heavy atom. The summed E-state index contributed by atoms with van der Waals surface area (Å²) in [6.07, 6.45) is 7.86. The topological polar surface area (TPSA) is 18.5 Å². The highest BCUT2D eigenvalue weighted by molar-refractivity contribution is 6.59. The molecule has 0 aromatic carbocycles. The first-order chi connectivity index (χ1) is 9.41. The van der Waals surface area contributed by atoms with E-state index >= 15 is 0 Å². The summed E-state index contributed by atoms with van der Waals surface area (Å²) in [5, 5.41) is 0.0306. The molecule has 20 heavy (non-hydrogen) atoms. The largest absolute Gasteiger partial charge is 0.476 e. The van der Waals surface area contributed by atoms with E-state index in [0.29, 0.717) is 11.3 Å². The van der Waals surface area contributed by atoms with Crippen LogP contribution in [-0.2, 0) is 9.31 Å². The lowest BCUT2D eigenvalue weighted by Gasteiger charge is -2.64. The minimum Gasteiger partial charge on any atom is -0.404 e. The van der Waals surface area contributed by atoms with Gasteiger partial charge < -0.3 is 9.31 Å². The smallest absolute Gasteiger partial charge is 0.404 e. The predicted octanol–water partition coefficient (Wildman–Crippen LogP) is 4.05. The van der Waals surface area contributed by atoms with Gasteiger partial charge in [-0.1, -0.05) is 33.1 Å². The third kappa shape index (κ3) is 1.78. The molecule has 0 N–H and O–H groups in total. The van der Waals surface area contributed by atoms with Crippen LogP contribution in [0.1, 0.15) is 59.3 Å². The van der Waals surface area contributed by atoms with Crippen molar-refractivity contribution >= 4 is 18.7 Å². The van der Waals surface area contributed by atoms with Gasteiger partial charge in [-0.05, 0) is 49.4 Å². The standard InChI is InChI=1S/C16H26BClO2/c1-15(2)11-8-12(15)16(3)13(9-11)19-17(20-16)14(18)7-10-5-4-6-10/h10-14H,4-9H2,1-3H3/t11-,12-,13?,14+,16-/m0/s1. The first-order valence-electron chi connectivity index (χ1n) is 8.38. The van der Waals surface area contributed by atoms with E-state index in [1.165, 1.54) is 25.7 Å². The van der Waals surface area contributed by atoms with Gasteiger partial charge >= 0.3 is 7.12 Å². The minimum absolute atomic E-state index is 0.0306. The molecule has 2 bridgehead atoms. The van der Waals surface area contributed by atoms with Gasteiger partial charge in [0.05, 0.1) is 17.0 Å². The van der Waals surface area contributed by atoms with Crippen molar-refractivity contribution in [3.05, 3.63) is 0 Å². The highest BCUT2D eigenvalue weighted by Gasteiger charge is 2.68. The summed E-state index contributed by atoms with van der Waals surface area (Å²) in [6.45, 7) is 7.07. The fourth-order valence-electron chi connectivity index (χ4n) is 5.21. The average Bonchev–Trinajstić information content (AvgIpc) is 2.70. The lowest BCUT2D eigenvalue weighted by molar-refractivity contribution is -0.199. The van der Waals surface area contributed by atoms with Crippen molar-refractivity contribution in [3.63, 3.8) is 0 Å². The van der Waals surface area contributed by atoms with Crippen LogP contribution in [0.4, 0.5) is 0 Å². The second kappa shape index (κ2) is 4.39. The van der Waals surface area contributed by atoms with Crippen molar-refractivity contribution in [1.29, 1.82) is 0 Å². The number of hydrogen-bond donors (Lipinski definition) is 0. The van der Waals surface area contributed by atoms with Crippen LogP contribution in [-0.4, -0.2) is 24.1 Å². The van der Waals surface area contributed by atoms with E-state index in [1.807, 2.05) is 0 Å². The van der Waals surface area contributed by atoms with Gasteiger partial charge in [-0.15, -0.1) is 11.6 Å². The van der Waals surface area contributed by atoms with Gasteiger partial charge in [0.2, 0.25) is 0 Å². The summed E-state index contributed by atoms with van der Waals surface area (Å²) in [7, 11) is -0.178. The van der Waals surface area contributed by atoms with Crippen LogP contribution in [0.5, 0.6) is 0 Å². The summed E-state index contributed by atoms with van der Waals surface area (Å²) in [5.74, 6) is 2.26. The summed E-state index contributed by atoms with van der Waals surface area (Å²) in [4.78, 5) is 0. The van der Waals surface area contributed by atoms with Crippen LogP contribution in [0, 0.1) is 23.2 Å². The minimum atomic E-state index is -0.178. The van der Waals surface area contributed by atoms with Gasteiger partial charge in [0.1, 0.15) is 0 Å². The van der Waals surface area contributed by atoms with Crippen molar-refractivity contribution in [2.75, 3.05) is 0 Å². The molecule has 5 aliphatic rings. The van der Waals surface area contributed by atoms with Crippen molar-refractivity contribution < 1.29 is 9.31 Å². The molecular formula is C16H26BClO2. The fraction of sp³-hybridized carbons (Fsp3) is 1.00. The molecule has 1 unspecified atom stereocenters. The lowest BCUT2D eigenvalue weighted by atomic mass is 9.43. The molecule has 0 aromatic heterocycles. The van der Waals surface area contributed by atoms with Gasteiger partial charge in [0.15, 0.2) is 0 Å². The van der Waals surface area contributed by atoms with Gasteiger partial charge in [-0.25, -0.2) is 0 Å². The van der Waals surface area contributed by atoms with Crippen LogP contribution < -0.4 is 0 Å². The Bertz CT molecular complexity index is 411. The molecule has 4 heteroatoms. The Kier molecular flexibility index (Phi) is 3.06. The molecule has 5 rings (SSSR count). The fourth-order valence-corrected chi connectivity index (χ4v) is 5.57. The van der Waals surface area contributed by atoms with Crippen molar-refractivity contribution in [2.24, 2.45) is 23.2 Å². The van der Waals surface area contributed by atoms with Crippen LogP contribution in [0.2, 0.25) is 0 Å². The van der Waals surface area contributed by atoms with E-state index in [0.717, 1.165) is 24.7 Å². The van der Waals surface area contributed by atoms with Gasteiger partial charge in [-0.3, -0.25) is 0 Å². The van der Waals surface area contributed by atoms with Crippen LogP contribution in [0.3, 0.4) is 0 Å². The number of hydrogen-bond acceptors (Lipinski definition) is 2. The molecule has 0 aromatic rings. The number of rotatable bonds is 3. The molecule has 112 valence electrons. The molecule has 5 atom stereocenters.